The van der Waals surface area contributed by atoms with Crippen LogP contribution in [-0.4, -0.2) is 27.6 Å². The van der Waals surface area contributed by atoms with Crippen LogP contribution in [-0.2, 0) is 4.79 Å². The number of amides is 1. The number of hydrogen-bond acceptors (Lipinski definition) is 5. The molecule has 0 saturated heterocycles. The second kappa shape index (κ2) is 4.52. The SMILES string of the molecule is NCC1(CC(=O)Nc2nccnn2)CCC1. The lowest BCUT2D eigenvalue weighted by Gasteiger charge is -2.40. The number of nitrogens with two attached hydrogens (primary N) is 1. The van der Waals surface area contributed by atoms with Gasteiger partial charge in [0.05, 0.1) is 12.4 Å². The summed E-state index contributed by atoms with van der Waals surface area (Å²) in [5.74, 6) is 0.164. The van der Waals surface area contributed by atoms with Crippen LogP contribution in [0.2, 0.25) is 0 Å². The topological polar surface area (TPSA) is 93.8 Å². The van der Waals surface area contributed by atoms with Crippen LogP contribution in [0.25, 0.3) is 0 Å². The maximum absolute atomic E-state index is 11.7. The summed E-state index contributed by atoms with van der Waals surface area (Å²) in [4.78, 5) is 15.6. The van der Waals surface area contributed by atoms with Crippen molar-refractivity contribution in [3.63, 3.8) is 0 Å². The summed E-state index contributed by atoms with van der Waals surface area (Å²) in [5.41, 5.74) is 5.69. The summed E-state index contributed by atoms with van der Waals surface area (Å²) in [5, 5.41) is 9.95. The predicted molar refractivity (Wildman–Crippen MR) is 58.4 cm³/mol. The molecule has 0 unspecified atom stereocenters. The van der Waals surface area contributed by atoms with E-state index in [1.807, 2.05) is 0 Å². The highest BCUT2D eigenvalue weighted by atomic mass is 16.1. The van der Waals surface area contributed by atoms with E-state index in [2.05, 4.69) is 20.5 Å². The Balaban J connectivity index is 1.89. The summed E-state index contributed by atoms with van der Waals surface area (Å²) in [7, 11) is 0. The Morgan fingerprint density at radius 2 is 2.31 bits per heavy atom. The van der Waals surface area contributed by atoms with Gasteiger partial charge in [0.2, 0.25) is 11.9 Å². The first-order valence-electron chi connectivity index (χ1n) is 5.38. The van der Waals surface area contributed by atoms with E-state index in [1.54, 1.807) is 0 Å². The fraction of sp³-hybridized carbons (Fsp3) is 0.600. The minimum absolute atomic E-state index is 0.00624. The van der Waals surface area contributed by atoms with E-state index < -0.39 is 0 Å². The molecule has 0 spiro atoms. The molecule has 1 fully saturated rings. The smallest absolute Gasteiger partial charge is 0.249 e. The number of rotatable bonds is 4. The number of hydrogen-bond donors (Lipinski definition) is 2. The maximum atomic E-state index is 11.7. The van der Waals surface area contributed by atoms with Crippen LogP contribution >= 0.6 is 0 Å². The third-order valence-electron chi connectivity index (χ3n) is 3.12. The van der Waals surface area contributed by atoms with Crippen LogP contribution in [0.15, 0.2) is 12.4 Å². The molecule has 3 N–H and O–H groups in total. The minimum atomic E-state index is -0.0850. The third-order valence-corrected chi connectivity index (χ3v) is 3.12. The number of carbonyl (C=O) groups excluding carboxylic acids is 1. The first-order chi connectivity index (χ1) is 7.74. The molecule has 6 nitrogen and oxygen atoms in total. The van der Waals surface area contributed by atoms with Crippen LogP contribution in [0.3, 0.4) is 0 Å². The Kier molecular flexibility index (Phi) is 3.09. The summed E-state index contributed by atoms with van der Waals surface area (Å²) < 4.78 is 0. The third kappa shape index (κ3) is 2.33. The molecule has 1 heterocycles. The van der Waals surface area contributed by atoms with Gasteiger partial charge in [0.1, 0.15) is 0 Å². The highest BCUT2D eigenvalue weighted by Crippen LogP contribution is 2.42. The monoisotopic (exact) mass is 221 g/mol. The lowest BCUT2D eigenvalue weighted by Crippen LogP contribution is -2.40. The lowest BCUT2D eigenvalue weighted by atomic mass is 9.66. The fourth-order valence-electron chi connectivity index (χ4n) is 1.94. The maximum Gasteiger partial charge on any atom is 0.249 e. The summed E-state index contributed by atoms with van der Waals surface area (Å²) in [6, 6.07) is 0. The van der Waals surface area contributed by atoms with E-state index in [1.165, 1.54) is 12.4 Å². The zero-order chi connectivity index (χ0) is 11.4. The van der Waals surface area contributed by atoms with Gasteiger partial charge in [-0.1, -0.05) is 6.42 Å². The Morgan fingerprint density at radius 1 is 1.50 bits per heavy atom. The first kappa shape index (κ1) is 10.9. The van der Waals surface area contributed by atoms with Crippen LogP contribution in [0, 0.1) is 5.41 Å². The molecular formula is C10H15N5O. The molecule has 1 aromatic rings. The van der Waals surface area contributed by atoms with Gasteiger partial charge in [0, 0.05) is 6.42 Å². The van der Waals surface area contributed by atoms with Gasteiger partial charge in [-0.05, 0) is 24.8 Å². The average Bonchev–Trinajstić information content (AvgIpc) is 2.25. The van der Waals surface area contributed by atoms with E-state index in [0.29, 0.717) is 13.0 Å². The Labute approximate surface area is 93.7 Å². The molecule has 16 heavy (non-hydrogen) atoms. The van der Waals surface area contributed by atoms with Crippen LogP contribution in [0.4, 0.5) is 5.95 Å². The van der Waals surface area contributed by atoms with E-state index in [9.17, 15) is 4.79 Å². The number of nitrogens with one attached hydrogen (secondary N) is 1. The highest BCUT2D eigenvalue weighted by molar-refractivity contribution is 5.89. The van der Waals surface area contributed by atoms with Crippen molar-refractivity contribution in [2.45, 2.75) is 25.7 Å². The van der Waals surface area contributed by atoms with Crippen molar-refractivity contribution in [1.82, 2.24) is 15.2 Å². The van der Waals surface area contributed by atoms with E-state index >= 15 is 0 Å². The van der Waals surface area contributed by atoms with Crippen molar-refractivity contribution < 1.29 is 4.79 Å². The molecule has 0 aliphatic heterocycles. The number of aromatic nitrogens is 3. The van der Waals surface area contributed by atoms with Gasteiger partial charge in [-0.3, -0.25) is 10.1 Å². The van der Waals surface area contributed by atoms with Crippen molar-refractivity contribution in [2.75, 3.05) is 11.9 Å². The molecule has 1 aliphatic rings. The molecule has 2 rings (SSSR count). The Bertz CT molecular complexity index is 357. The zero-order valence-electron chi connectivity index (χ0n) is 9.02. The van der Waals surface area contributed by atoms with Crippen molar-refractivity contribution >= 4 is 11.9 Å². The molecule has 0 radical (unpaired) electrons. The molecule has 0 aromatic carbocycles. The summed E-state index contributed by atoms with van der Waals surface area (Å²) in [6.45, 7) is 0.564. The van der Waals surface area contributed by atoms with Gasteiger partial charge in [0.15, 0.2) is 0 Å². The zero-order valence-corrected chi connectivity index (χ0v) is 9.02. The Morgan fingerprint density at radius 3 is 2.81 bits per heavy atom. The normalized spacial score (nSPS) is 17.6. The molecule has 1 saturated carbocycles. The molecule has 1 amide bonds. The van der Waals surface area contributed by atoms with E-state index in [-0.39, 0.29) is 17.3 Å². The van der Waals surface area contributed by atoms with Crippen molar-refractivity contribution in [2.24, 2.45) is 11.1 Å². The van der Waals surface area contributed by atoms with Crippen LogP contribution in [0.5, 0.6) is 0 Å². The lowest BCUT2D eigenvalue weighted by molar-refractivity contribution is -0.119. The standard InChI is InChI=1S/C10H15N5O/c11-7-10(2-1-3-10)6-8(16)14-9-12-4-5-13-15-9/h4-5H,1-3,6-7,11H2,(H,12,14,15,16). The number of carbonyl (C=O) groups is 1. The largest absolute Gasteiger partial charge is 0.330 e. The molecule has 86 valence electrons. The van der Waals surface area contributed by atoms with Crippen molar-refractivity contribution in [3.8, 4) is 0 Å². The van der Waals surface area contributed by atoms with E-state index in [0.717, 1.165) is 19.3 Å². The molecule has 1 aromatic heterocycles. The second-order valence-electron chi connectivity index (χ2n) is 4.25. The second-order valence-corrected chi connectivity index (χ2v) is 4.25. The molecule has 0 atom stereocenters. The first-order valence-corrected chi connectivity index (χ1v) is 5.38. The number of nitrogens with zero attached hydrogens (tertiary/aromatic N) is 3. The van der Waals surface area contributed by atoms with Gasteiger partial charge in [0.25, 0.3) is 0 Å². The van der Waals surface area contributed by atoms with Crippen molar-refractivity contribution in [3.05, 3.63) is 12.4 Å². The fourth-order valence-corrected chi connectivity index (χ4v) is 1.94. The molecule has 6 heteroatoms. The highest BCUT2D eigenvalue weighted by Gasteiger charge is 2.37. The van der Waals surface area contributed by atoms with Gasteiger partial charge in [-0.2, -0.15) is 5.10 Å². The molecule has 1 aliphatic carbocycles. The van der Waals surface area contributed by atoms with E-state index in [4.69, 9.17) is 5.73 Å². The van der Waals surface area contributed by atoms with Crippen LogP contribution in [0.1, 0.15) is 25.7 Å². The van der Waals surface area contributed by atoms with Gasteiger partial charge in [-0.25, -0.2) is 4.98 Å². The van der Waals surface area contributed by atoms with Crippen LogP contribution < -0.4 is 11.1 Å². The average molecular weight is 221 g/mol. The van der Waals surface area contributed by atoms with Gasteiger partial charge >= 0.3 is 0 Å². The van der Waals surface area contributed by atoms with Crippen molar-refractivity contribution in [1.29, 1.82) is 0 Å². The Hall–Kier alpha value is -1.56. The van der Waals surface area contributed by atoms with Gasteiger partial charge < -0.3 is 5.73 Å². The number of anilines is 1. The predicted octanol–water partition coefficient (Wildman–Crippen LogP) is 0.329. The molecule has 0 bridgehead atoms. The summed E-state index contributed by atoms with van der Waals surface area (Å²) in [6.07, 6.45) is 6.62. The quantitative estimate of drug-likeness (QED) is 0.764. The summed E-state index contributed by atoms with van der Waals surface area (Å²) >= 11 is 0. The molecular weight excluding hydrogens is 206 g/mol. The van der Waals surface area contributed by atoms with Gasteiger partial charge in [-0.15, -0.1) is 5.10 Å². The minimum Gasteiger partial charge on any atom is -0.330 e.